The van der Waals surface area contributed by atoms with Crippen molar-refractivity contribution in [2.45, 2.75) is 20.8 Å². The minimum atomic E-state index is -0.329. The van der Waals surface area contributed by atoms with Crippen molar-refractivity contribution in [2.24, 2.45) is 5.92 Å². The highest BCUT2D eigenvalue weighted by Crippen LogP contribution is 2.13. The molecule has 86 valence electrons. The Labute approximate surface area is 95.0 Å². The number of anilines is 1. The zero-order chi connectivity index (χ0) is 12.1. The summed E-state index contributed by atoms with van der Waals surface area (Å²) in [5.41, 5.74) is 0.320. The summed E-state index contributed by atoms with van der Waals surface area (Å²) in [5, 5.41) is 12.3. The van der Waals surface area contributed by atoms with E-state index in [-0.39, 0.29) is 17.6 Å². The van der Waals surface area contributed by atoms with E-state index in [1.54, 1.807) is 31.3 Å². The Morgan fingerprint density at radius 3 is 2.62 bits per heavy atom. The van der Waals surface area contributed by atoms with Crippen molar-refractivity contribution in [3.8, 4) is 0 Å². The van der Waals surface area contributed by atoms with Gasteiger partial charge in [0, 0.05) is 12.1 Å². The van der Waals surface area contributed by atoms with Gasteiger partial charge in [0.25, 0.3) is 5.91 Å². The SMILES string of the molecule is C/C(C(=O)Nc1ccccn1)=C(/O)C(C)C. The van der Waals surface area contributed by atoms with Gasteiger partial charge in [-0.3, -0.25) is 4.79 Å². The molecule has 0 aliphatic carbocycles. The summed E-state index contributed by atoms with van der Waals surface area (Å²) in [6.45, 7) is 5.24. The van der Waals surface area contributed by atoms with E-state index in [0.717, 1.165) is 0 Å². The summed E-state index contributed by atoms with van der Waals surface area (Å²) in [6.07, 6.45) is 1.59. The summed E-state index contributed by atoms with van der Waals surface area (Å²) in [6, 6.07) is 5.24. The van der Waals surface area contributed by atoms with E-state index in [1.165, 1.54) is 0 Å². The number of carbonyl (C=O) groups is 1. The van der Waals surface area contributed by atoms with Crippen LogP contribution in [0.15, 0.2) is 35.7 Å². The number of aliphatic hydroxyl groups excluding tert-OH is 1. The van der Waals surface area contributed by atoms with E-state index in [9.17, 15) is 9.90 Å². The van der Waals surface area contributed by atoms with Crippen LogP contribution >= 0.6 is 0 Å². The fourth-order valence-electron chi connectivity index (χ4n) is 1.20. The lowest BCUT2D eigenvalue weighted by Crippen LogP contribution is -2.16. The molecule has 0 spiro atoms. The van der Waals surface area contributed by atoms with E-state index in [1.807, 2.05) is 13.8 Å². The van der Waals surface area contributed by atoms with Crippen LogP contribution in [0.3, 0.4) is 0 Å². The second-order valence-electron chi connectivity index (χ2n) is 3.83. The number of amides is 1. The summed E-state index contributed by atoms with van der Waals surface area (Å²) in [4.78, 5) is 15.7. The first-order valence-electron chi connectivity index (χ1n) is 5.14. The molecule has 0 saturated carbocycles. The molecule has 0 aromatic carbocycles. The lowest BCUT2D eigenvalue weighted by atomic mass is 10.1. The molecular formula is C12H16N2O2. The van der Waals surface area contributed by atoms with E-state index < -0.39 is 0 Å². The number of nitrogens with zero attached hydrogens (tertiary/aromatic N) is 1. The number of pyridine rings is 1. The second-order valence-corrected chi connectivity index (χ2v) is 3.83. The molecule has 0 bridgehead atoms. The molecule has 0 unspecified atom stereocenters. The van der Waals surface area contributed by atoms with Crippen LogP contribution in [0.25, 0.3) is 0 Å². The number of allylic oxidation sites excluding steroid dienone is 1. The van der Waals surface area contributed by atoms with Crippen LogP contribution in [0.4, 0.5) is 5.82 Å². The molecule has 1 amide bonds. The first-order chi connectivity index (χ1) is 7.52. The van der Waals surface area contributed by atoms with E-state index in [2.05, 4.69) is 10.3 Å². The maximum Gasteiger partial charge on any atom is 0.255 e. The minimum Gasteiger partial charge on any atom is -0.512 e. The molecule has 1 rings (SSSR count). The maximum atomic E-state index is 11.7. The molecule has 0 aliphatic heterocycles. The number of nitrogens with one attached hydrogen (secondary N) is 1. The molecule has 0 atom stereocenters. The molecule has 1 heterocycles. The molecule has 2 N–H and O–H groups in total. The summed E-state index contributed by atoms with van der Waals surface area (Å²) in [5.74, 6) is 0.191. The quantitative estimate of drug-likeness (QED) is 0.607. The van der Waals surface area contributed by atoms with Crippen molar-refractivity contribution in [1.82, 2.24) is 4.98 Å². The summed E-state index contributed by atoms with van der Waals surface area (Å²) >= 11 is 0. The van der Waals surface area contributed by atoms with E-state index in [0.29, 0.717) is 11.4 Å². The Bertz CT molecular complexity index is 397. The minimum absolute atomic E-state index is 0.0607. The van der Waals surface area contributed by atoms with Crippen LogP contribution in [0.2, 0.25) is 0 Å². The molecule has 1 aromatic heterocycles. The molecule has 0 fully saturated rings. The number of rotatable bonds is 3. The fourth-order valence-corrected chi connectivity index (χ4v) is 1.20. The van der Waals surface area contributed by atoms with Crippen molar-refractivity contribution in [3.05, 3.63) is 35.7 Å². The molecule has 16 heavy (non-hydrogen) atoms. The third-order valence-electron chi connectivity index (χ3n) is 2.18. The molecule has 4 heteroatoms. The number of aliphatic hydroxyl groups is 1. The van der Waals surface area contributed by atoms with Crippen LogP contribution < -0.4 is 5.32 Å². The first-order valence-corrected chi connectivity index (χ1v) is 5.14. The number of aromatic nitrogens is 1. The monoisotopic (exact) mass is 220 g/mol. The van der Waals surface area contributed by atoms with Crippen LogP contribution in [-0.2, 0) is 4.79 Å². The van der Waals surface area contributed by atoms with Gasteiger partial charge in [-0.05, 0) is 19.1 Å². The predicted molar refractivity (Wildman–Crippen MR) is 63.0 cm³/mol. The number of hydrogen-bond acceptors (Lipinski definition) is 3. The third kappa shape index (κ3) is 3.08. The van der Waals surface area contributed by atoms with Crippen molar-refractivity contribution >= 4 is 11.7 Å². The average molecular weight is 220 g/mol. The Hall–Kier alpha value is -1.84. The van der Waals surface area contributed by atoms with E-state index in [4.69, 9.17) is 0 Å². The van der Waals surface area contributed by atoms with Crippen molar-refractivity contribution < 1.29 is 9.90 Å². The van der Waals surface area contributed by atoms with Gasteiger partial charge in [-0.1, -0.05) is 19.9 Å². The molecular weight excluding hydrogens is 204 g/mol. The lowest BCUT2D eigenvalue weighted by Gasteiger charge is -2.09. The highest BCUT2D eigenvalue weighted by atomic mass is 16.3. The molecule has 1 aromatic rings. The molecule has 0 saturated heterocycles. The van der Waals surface area contributed by atoms with Gasteiger partial charge in [0.1, 0.15) is 11.6 Å². The van der Waals surface area contributed by atoms with Gasteiger partial charge in [-0.15, -0.1) is 0 Å². The standard InChI is InChI=1S/C12H16N2O2/c1-8(2)11(15)9(3)12(16)14-10-6-4-5-7-13-10/h4-8,15H,1-3H3,(H,13,14,16)/b11-9-. The van der Waals surface area contributed by atoms with Crippen LogP contribution in [0, 0.1) is 5.92 Å². The Morgan fingerprint density at radius 2 is 2.12 bits per heavy atom. The van der Waals surface area contributed by atoms with Gasteiger partial charge >= 0.3 is 0 Å². The second kappa shape index (κ2) is 5.30. The Balaban J connectivity index is 2.78. The third-order valence-corrected chi connectivity index (χ3v) is 2.18. The largest absolute Gasteiger partial charge is 0.512 e. The summed E-state index contributed by atoms with van der Waals surface area (Å²) < 4.78 is 0. The zero-order valence-corrected chi connectivity index (χ0v) is 9.69. The van der Waals surface area contributed by atoms with Gasteiger partial charge in [0.2, 0.25) is 0 Å². The van der Waals surface area contributed by atoms with E-state index >= 15 is 0 Å². The van der Waals surface area contributed by atoms with Crippen LogP contribution in [0.5, 0.6) is 0 Å². The molecule has 0 aliphatic rings. The zero-order valence-electron chi connectivity index (χ0n) is 9.69. The van der Waals surface area contributed by atoms with Crippen molar-refractivity contribution in [1.29, 1.82) is 0 Å². The highest BCUT2D eigenvalue weighted by molar-refractivity contribution is 6.03. The number of carbonyl (C=O) groups excluding carboxylic acids is 1. The lowest BCUT2D eigenvalue weighted by molar-refractivity contribution is -0.113. The fraction of sp³-hybridized carbons (Fsp3) is 0.333. The van der Waals surface area contributed by atoms with Crippen molar-refractivity contribution in [2.75, 3.05) is 5.32 Å². The molecule has 4 nitrogen and oxygen atoms in total. The number of hydrogen-bond donors (Lipinski definition) is 2. The van der Waals surface area contributed by atoms with Crippen LogP contribution in [0.1, 0.15) is 20.8 Å². The van der Waals surface area contributed by atoms with Gasteiger partial charge in [0.05, 0.1) is 5.57 Å². The predicted octanol–water partition coefficient (Wildman–Crippen LogP) is 2.51. The van der Waals surface area contributed by atoms with Gasteiger partial charge in [-0.25, -0.2) is 4.98 Å². The van der Waals surface area contributed by atoms with Gasteiger partial charge in [-0.2, -0.15) is 0 Å². The smallest absolute Gasteiger partial charge is 0.255 e. The Morgan fingerprint density at radius 1 is 1.44 bits per heavy atom. The first kappa shape index (κ1) is 12.2. The summed E-state index contributed by atoms with van der Waals surface area (Å²) in [7, 11) is 0. The van der Waals surface area contributed by atoms with Gasteiger partial charge in [0.15, 0.2) is 0 Å². The highest BCUT2D eigenvalue weighted by Gasteiger charge is 2.12. The topological polar surface area (TPSA) is 62.2 Å². The van der Waals surface area contributed by atoms with Crippen molar-refractivity contribution in [3.63, 3.8) is 0 Å². The van der Waals surface area contributed by atoms with Crippen LogP contribution in [-0.4, -0.2) is 16.0 Å². The Kier molecular flexibility index (Phi) is 4.05. The molecule has 0 radical (unpaired) electrons. The normalized spacial score (nSPS) is 12.2. The average Bonchev–Trinajstić information content (AvgIpc) is 2.28. The van der Waals surface area contributed by atoms with Gasteiger partial charge < -0.3 is 10.4 Å². The maximum absolute atomic E-state index is 11.7.